The summed E-state index contributed by atoms with van der Waals surface area (Å²) < 4.78 is 5.62. The summed E-state index contributed by atoms with van der Waals surface area (Å²) in [5.74, 6) is 0.185. The number of methoxy groups -OCH3 is 1. The van der Waals surface area contributed by atoms with Crippen molar-refractivity contribution in [3.05, 3.63) is 39.7 Å². The maximum absolute atomic E-state index is 11.8. The Labute approximate surface area is 137 Å². The SMILES string of the molecule is CCCNc1nc(C(=O)OC)nc(-c2ccccc2)c1I. The molecule has 2 rings (SSSR count). The number of aromatic nitrogens is 2. The third-order valence-corrected chi connectivity index (χ3v) is 3.83. The number of rotatable bonds is 5. The molecule has 0 aliphatic carbocycles. The molecule has 0 radical (unpaired) electrons. The first-order valence-corrected chi connectivity index (χ1v) is 7.70. The smallest absolute Gasteiger partial charge is 0.376 e. The number of carbonyl (C=O) groups excluding carboxylic acids is 1. The predicted molar refractivity (Wildman–Crippen MR) is 90.3 cm³/mol. The molecule has 21 heavy (non-hydrogen) atoms. The van der Waals surface area contributed by atoms with Gasteiger partial charge in [0, 0.05) is 12.1 Å². The van der Waals surface area contributed by atoms with E-state index in [0.717, 1.165) is 27.8 Å². The molecule has 0 saturated heterocycles. The molecule has 1 aromatic heterocycles. The van der Waals surface area contributed by atoms with Gasteiger partial charge in [0.05, 0.1) is 16.4 Å². The molecule has 0 bridgehead atoms. The number of ether oxygens (including phenoxy) is 1. The van der Waals surface area contributed by atoms with E-state index in [1.165, 1.54) is 7.11 Å². The minimum absolute atomic E-state index is 0.0652. The summed E-state index contributed by atoms with van der Waals surface area (Å²) >= 11 is 2.20. The molecule has 0 aliphatic heterocycles. The van der Waals surface area contributed by atoms with Crippen LogP contribution < -0.4 is 5.32 Å². The van der Waals surface area contributed by atoms with Crippen molar-refractivity contribution < 1.29 is 9.53 Å². The lowest BCUT2D eigenvalue weighted by atomic mass is 10.1. The van der Waals surface area contributed by atoms with Crippen molar-refractivity contribution >= 4 is 34.4 Å². The minimum Gasteiger partial charge on any atom is -0.463 e. The number of nitrogens with one attached hydrogen (secondary N) is 1. The van der Waals surface area contributed by atoms with E-state index in [4.69, 9.17) is 4.74 Å². The third kappa shape index (κ3) is 3.69. The number of hydrogen-bond donors (Lipinski definition) is 1. The Morgan fingerprint density at radius 2 is 2.00 bits per heavy atom. The molecule has 0 spiro atoms. The number of anilines is 1. The molecule has 1 heterocycles. The van der Waals surface area contributed by atoms with Crippen molar-refractivity contribution in [3.63, 3.8) is 0 Å². The number of halogens is 1. The lowest BCUT2D eigenvalue weighted by Crippen LogP contribution is -2.13. The Balaban J connectivity index is 2.54. The van der Waals surface area contributed by atoms with Crippen LogP contribution in [0.5, 0.6) is 0 Å². The molecule has 6 heteroatoms. The molecule has 1 aromatic carbocycles. The highest BCUT2D eigenvalue weighted by molar-refractivity contribution is 14.1. The van der Waals surface area contributed by atoms with Gasteiger partial charge < -0.3 is 10.1 Å². The fourth-order valence-corrected chi connectivity index (χ4v) is 2.52. The number of nitrogens with zero attached hydrogens (tertiary/aromatic N) is 2. The van der Waals surface area contributed by atoms with Crippen LogP contribution in [-0.2, 0) is 4.74 Å². The highest BCUT2D eigenvalue weighted by Crippen LogP contribution is 2.28. The molecule has 2 aromatic rings. The Morgan fingerprint density at radius 1 is 1.29 bits per heavy atom. The van der Waals surface area contributed by atoms with Crippen LogP contribution in [0.25, 0.3) is 11.3 Å². The molecule has 0 fully saturated rings. The second-order valence-electron chi connectivity index (χ2n) is 4.34. The van der Waals surface area contributed by atoms with Gasteiger partial charge in [0.1, 0.15) is 5.82 Å². The predicted octanol–water partition coefficient (Wildman–Crippen LogP) is 3.36. The molecule has 0 aliphatic rings. The zero-order chi connectivity index (χ0) is 15.2. The van der Waals surface area contributed by atoms with Crippen LogP contribution in [0.4, 0.5) is 5.82 Å². The molecule has 0 amide bonds. The van der Waals surface area contributed by atoms with Crippen LogP contribution in [0.1, 0.15) is 24.0 Å². The fraction of sp³-hybridized carbons (Fsp3) is 0.267. The van der Waals surface area contributed by atoms with Gasteiger partial charge in [-0.3, -0.25) is 0 Å². The van der Waals surface area contributed by atoms with E-state index in [1.54, 1.807) is 0 Å². The van der Waals surface area contributed by atoms with Gasteiger partial charge in [-0.25, -0.2) is 14.8 Å². The van der Waals surface area contributed by atoms with Crippen LogP contribution >= 0.6 is 22.6 Å². The van der Waals surface area contributed by atoms with E-state index >= 15 is 0 Å². The van der Waals surface area contributed by atoms with Gasteiger partial charge in [0.15, 0.2) is 0 Å². The summed E-state index contributed by atoms with van der Waals surface area (Å²) in [7, 11) is 1.32. The summed E-state index contributed by atoms with van der Waals surface area (Å²) in [4.78, 5) is 20.4. The lowest BCUT2D eigenvalue weighted by Gasteiger charge is -2.12. The monoisotopic (exact) mass is 397 g/mol. The zero-order valence-electron chi connectivity index (χ0n) is 11.9. The average molecular weight is 397 g/mol. The molecule has 0 saturated carbocycles. The van der Waals surface area contributed by atoms with E-state index < -0.39 is 5.97 Å². The van der Waals surface area contributed by atoms with Gasteiger partial charge in [-0.15, -0.1) is 0 Å². The second-order valence-corrected chi connectivity index (χ2v) is 5.42. The summed E-state index contributed by atoms with van der Waals surface area (Å²) in [5.41, 5.74) is 1.67. The van der Waals surface area contributed by atoms with Crippen molar-refractivity contribution in [1.29, 1.82) is 0 Å². The van der Waals surface area contributed by atoms with E-state index in [1.807, 2.05) is 30.3 Å². The molecule has 0 atom stereocenters. The van der Waals surface area contributed by atoms with Gasteiger partial charge >= 0.3 is 5.97 Å². The maximum atomic E-state index is 11.8. The zero-order valence-corrected chi connectivity index (χ0v) is 14.0. The minimum atomic E-state index is -0.539. The van der Waals surface area contributed by atoms with E-state index in [0.29, 0.717) is 5.82 Å². The van der Waals surface area contributed by atoms with Gasteiger partial charge in [-0.1, -0.05) is 37.3 Å². The van der Waals surface area contributed by atoms with Crippen LogP contribution in [0.3, 0.4) is 0 Å². The molecule has 0 unspecified atom stereocenters. The fourth-order valence-electron chi connectivity index (χ4n) is 1.78. The molecular formula is C15H16IN3O2. The summed E-state index contributed by atoms with van der Waals surface area (Å²) in [6.45, 7) is 2.85. The van der Waals surface area contributed by atoms with Gasteiger partial charge in [-0.05, 0) is 29.0 Å². The number of carbonyl (C=O) groups is 1. The molecule has 110 valence electrons. The molecule has 5 nitrogen and oxygen atoms in total. The van der Waals surface area contributed by atoms with Gasteiger partial charge in [0.25, 0.3) is 0 Å². The lowest BCUT2D eigenvalue weighted by molar-refractivity contribution is 0.0587. The third-order valence-electron chi connectivity index (χ3n) is 2.81. The Morgan fingerprint density at radius 3 is 2.62 bits per heavy atom. The first-order chi connectivity index (χ1) is 10.2. The number of benzene rings is 1. The Hall–Kier alpha value is -1.70. The van der Waals surface area contributed by atoms with E-state index in [9.17, 15) is 4.79 Å². The van der Waals surface area contributed by atoms with Crippen molar-refractivity contribution in [2.45, 2.75) is 13.3 Å². The normalized spacial score (nSPS) is 10.2. The van der Waals surface area contributed by atoms with Crippen molar-refractivity contribution in [2.24, 2.45) is 0 Å². The first kappa shape index (κ1) is 15.7. The topological polar surface area (TPSA) is 64.1 Å². The quantitative estimate of drug-likeness (QED) is 0.619. The number of hydrogen-bond acceptors (Lipinski definition) is 5. The van der Waals surface area contributed by atoms with Crippen LogP contribution in [0.15, 0.2) is 30.3 Å². The van der Waals surface area contributed by atoms with Gasteiger partial charge in [-0.2, -0.15) is 0 Å². The van der Waals surface area contributed by atoms with E-state index in [2.05, 4.69) is 44.8 Å². The number of esters is 1. The second kappa shape index (κ2) is 7.35. The van der Waals surface area contributed by atoms with Crippen molar-refractivity contribution in [3.8, 4) is 11.3 Å². The Kier molecular flexibility index (Phi) is 5.49. The first-order valence-electron chi connectivity index (χ1n) is 6.62. The largest absolute Gasteiger partial charge is 0.463 e. The average Bonchev–Trinajstić information content (AvgIpc) is 2.54. The maximum Gasteiger partial charge on any atom is 0.376 e. The van der Waals surface area contributed by atoms with Crippen LogP contribution in [0.2, 0.25) is 0 Å². The van der Waals surface area contributed by atoms with Crippen LogP contribution in [0, 0.1) is 3.57 Å². The van der Waals surface area contributed by atoms with E-state index in [-0.39, 0.29) is 5.82 Å². The van der Waals surface area contributed by atoms with Crippen molar-refractivity contribution in [2.75, 3.05) is 19.0 Å². The highest BCUT2D eigenvalue weighted by atomic mass is 127. The van der Waals surface area contributed by atoms with Crippen molar-refractivity contribution in [1.82, 2.24) is 9.97 Å². The van der Waals surface area contributed by atoms with Gasteiger partial charge in [0.2, 0.25) is 5.82 Å². The van der Waals surface area contributed by atoms with Crippen LogP contribution in [-0.4, -0.2) is 29.6 Å². The highest BCUT2D eigenvalue weighted by Gasteiger charge is 2.18. The summed E-state index contributed by atoms with van der Waals surface area (Å²) in [6.07, 6.45) is 0.967. The molecular weight excluding hydrogens is 381 g/mol. The summed E-state index contributed by atoms with van der Waals surface area (Å²) in [5, 5.41) is 3.23. The summed E-state index contributed by atoms with van der Waals surface area (Å²) in [6, 6.07) is 9.72. The Bertz CT molecular complexity index is 632. The standard InChI is InChI=1S/C15H16IN3O2/c1-3-9-17-13-11(16)12(10-7-5-4-6-8-10)18-14(19-13)15(20)21-2/h4-8H,3,9H2,1-2H3,(H,17,18,19). The molecule has 1 N–H and O–H groups in total.